The Bertz CT molecular complexity index is 1220. The van der Waals surface area contributed by atoms with Gasteiger partial charge in [-0.05, 0) is 49.4 Å². The molecule has 1 unspecified atom stereocenters. The van der Waals surface area contributed by atoms with Crippen LogP contribution < -0.4 is 5.14 Å². The zero-order valence-corrected chi connectivity index (χ0v) is 16.9. The number of likely N-dealkylation sites (N-methyl/N-ethyl adjacent to an activating group) is 1. The van der Waals surface area contributed by atoms with Crippen LogP contribution in [0.5, 0.6) is 0 Å². The smallest absolute Gasteiger partial charge is 0.247 e. The molecule has 5 rings (SSSR count). The van der Waals surface area contributed by atoms with Gasteiger partial charge in [-0.15, -0.1) is 11.3 Å². The lowest BCUT2D eigenvalue weighted by atomic mass is 9.90. The van der Waals surface area contributed by atoms with E-state index in [1.165, 1.54) is 44.6 Å². The summed E-state index contributed by atoms with van der Waals surface area (Å²) < 4.78 is 26.0. The first-order chi connectivity index (χ1) is 12.8. The normalized spacial score (nSPS) is 20.0. The van der Waals surface area contributed by atoms with Gasteiger partial charge < -0.3 is 9.47 Å². The number of aryl methyl sites for hydroxylation is 1. The SMILES string of the molecule is Cc1ccc2c(c1)c1c3n2CC(c2ccc(S(N)(=O)=O)s2)=CC3CN(C)C1. The molecule has 2 aromatic heterocycles. The van der Waals surface area contributed by atoms with Crippen molar-refractivity contribution in [2.45, 2.75) is 30.1 Å². The molecule has 0 bridgehead atoms. The van der Waals surface area contributed by atoms with Gasteiger partial charge in [0.15, 0.2) is 0 Å². The van der Waals surface area contributed by atoms with Crippen molar-refractivity contribution in [3.05, 3.63) is 58.1 Å². The molecule has 0 spiro atoms. The summed E-state index contributed by atoms with van der Waals surface area (Å²) in [5, 5.41) is 6.64. The topological polar surface area (TPSA) is 68.3 Å². The lowest BCUT2D eigenvalue weighted by Crippen LogP contribution is -2.32. The number of hydrogen-bond donors (Lipinski definition) is 1. The maximum absolute atomic E-state index is 11.7. The number of benzene rings is 1. The van der Waals surface area contributed by atoms with Gasteiger partial charge in [0, 0.05) is 47.0 Å². The van der Waals surface area contributed by atoms with Crippen molar-refractivity contribution in [1.29, 1.82) is 0 Å². The predicted octanol–water partition coefficient (Wildman–Crippen LogP) is 3.28. The summed E-state index contributed by atoms with van der Waals surface area (Å²) in [6.45, 7) is 4.84. The summed E-state index contributed by atoms with van der Waals surface area (Å²) in [5.74, 6) is 0.315. The van der Waals surface area contributed by atoms with Crippen molar-refractivity contribution in [2.24, 2.45) is 5.14 Å². The fourth-order valence-electron chi connectivity index (χ4n) is 4.48. The van der Waals surface area contributed by atoms with E-state index in [0.29, 0.717) is 5.92 Å². The average molecular weight is 400 g/mol. The van der Waals surface area contributed by atoms with E-state index in [4.69, 9.17) is 5.14 Å². The van der Waals surface area contributed by atoms with E-state index in [9.17, 15) is 8.42 Å². The third-order valence-electron chi connectivity index (χ3n) is 5.56. The zero-order chi connectivity index (χ0) is 18.9. The van der Waals surface area contributed by atoms with E-state index in [0.717, 1.165) is 24.5 Å². The molecule has 0 radical (unpaired) electrons. The molecule has 2 aliphatic rings. The third kappa shape index (κ3) is 2.69. The minimum absolute atomic E-state index is 0.221. The number of primary sulfonamides is 1. The largest absolute Gasteiger partial charge is 0.339 e. The molecule has 0 saturated heterocycles. The van der Waals surface area contributed by atoms with Gasteiger partial charge >= 0.3 is 0 Å². The van der Waals surface area contributed by atoms with E-state index in [2.05, 4.69) is 47.7 Å². The lowest BCUT2D eigenvalue weighted by molar-refractivity contribution is 0.292. The van der Waals surface area contributed by atoms with Gasteiger partial charge in [0.05, 0.1) is 0 Å². The molecule has 2 aliphatic heterocycles. The number of sulfonamides is 1. The van der Waals surface area contributed by atoms with Crippen LogP contribution in [0.15, 0.2) is 40.6 Å². The Balaban J connectivity index is 1.68. The molecule has 0 saturated carbocycles. The molecule has 1 aromatic carbocycles. The monoisotopic (exact) mass is 399 g/mol. The summed E-state index contributed by atoms with van der Waals surface area (Å²) in [4.78, 5) is 3.34. The molecule has 5 nitrogen and oxygen atoms in total. The van der Waals surface area contributed by atoms with Gasteiger partial charge in [-0.3, -0.25) is 0 Å². The molecule has 2 N–H and O–H groups in total. The second-order valence-electron chi connectivity index (χ2n) is 7.63. The maximum Gasteiger partial charge on any atom is 0.247 e. The van der Waals surface area contributed by atoms with Crippen molar-refractivity contribution in [3.63, 3.8) is 0 Å². The number of aromatic nitrogens is 1. The van der Waals surface area contributed by atoms with E-state index in [1.807, 2.05) is 6.07 Å². The van der Waals surface area contributed by atoms with Crippen LogP contribution >= 0.6 is 11.3 Å². The summed E-state index contributed by atoms with van der Waals surface area (Å²) in [6, 6.07) is 10.2. The van der Waals surface area contributed by atoms with Crippen LogP contribution in [0.2, 0.25) is 0 Å². The fraction of sp³-hybridized carbons (Fsp3) is 0.300. The van der Waals surface area contributed by atoms with Gasteiger partial charge in [-0.25, -0.2) is 13.6 Å². The number of fused-ring (bicyclic) bond motifs is 3. The molecule has 27 heavy (non-hydrogen) atoms. The minimum Gasteiger partial charge on any atom is -0.339 e. The van der Waals surface area contributed by atoms with E-state index in [-0.39, 0.29) is 4.21 Å². The highest BCUT2D eigenvalue weighted by molar-refractivity contribution is 7.91. The van der Waals surface area contributed by atoms with Crippen molar-refractivity contribution in [3.8, 4) is 0 Å². The quantitative estimate of drug-likeness (QED) is 0.719. The minimum atomic E-state index is -3.66. The number of thiophene rings is 1. The van der Waals surface area contributed by atoms with Gasteiger partial charge in [0.1, 0.15) is 4.21 Å². The Morgan fingerprint density at radius 1 is 1.19 bits per heavy atom. The van der Waals surface area contributed by atoms with Gasteiger partial charge in [-0.2, -0.15) is 0 Å². The lowest BCUT2D eigenvalue weighted by Gasteiger charge is -2.33. The molecule has 1 atom stereocenters. The third-order valence-corrected chi connectivity index (χ3v) is 8.16. The molecule has 0 amide bonds. The maximum atomic E-state index is 11.7. The van der Waals surface area contributed by atoms with Crippen LogP contribution in [0.3, 0.4) is 0 Å². The Labute approximate surface area is 162 Å². The van der Waals surface area contributed by atoms with Crippen LogP contribution in [0.25, 0.3) is 16.5 Å². The van der Waals surface area contributed by atoms with Crippen LogP contribution in [0.4, 0.5) is 0 Å². The molecule has 7 heteroatoms. The summed E-state index contributed by atoms with van der Waals surface area (Å²) >= 11 is 1.26. The number of nitrogens with two attached hydrogens (primary N) is 1. The number of nitrogens with zero attached hydrogens (tertiary/aromatic N) is 2. The van der Waals surface area contributed by atoms with Crippen LogP contribution in [-0.2, 0) is 23.1 Å². The molecular formula is C20H21N3O2S2. The average Bonchev–Trinajstić information content (AvgIpc) is 3.19. The molecule has 3 aromatic rings. The molecular weight excluding hydrogens is 378 g/mol. The molecule has 0 fully saturated rings. The second-order valence-corrected chi connectivity index (χ2v) is 10.5. The van der Waals surface area contributed by atoms with E-state index < -0.39 is 10.0 Å². The number of hydrogen-bond acceptors (Lipinski definition) is 4. The van der Waals surface area contributed by atoms with Gasteiger partial charge in [-0.1, -0.05) is 17.7 Å². The summed E-state index contributed by atoms with van der Waals surface area (Å²) in [6.07, 6.45) is 2.32. The van der Waals surface area contributed by atoms with Crippen molar-refractivity contribution in [2.75, 3.05) is 13.6 Å². The van der Waals surface area contributed by atoms with Crippen LogP contribution in [0.1, 0.15) is 27.6 Å². The first kappa shape index (κ1) is 17.2. The Hall–Kier alpha value is -1.93. The van der Waals surface area contributed by atoms with Gasteiger partial charge in [0.2, 0.25) is 10.0 Å². The fourth-order valence-corrected chi connectivity index (χ4v) is 6.22. The predicted molar refractivity (Wildman–Crippen MR) is 109 cm³/mol. The van der Waals surface area contributed by atoms with Gasteiger partial charge in [0.25, 0.3) is 0 Å². The first-order valence-corrected chi connectivity index (χ1v) is 11.3. The standard InChI is InChI=1S/C20H21N3O2S2/c1-12-3-4-17-15(7-12)16-11-22(2)9-14-8-13(10-23(17)20(14)16)18-5-6-19(26-18)27(21,24)25/h3-8,14H,9-11H2,1-2H3,(H2,21,24,25). The van der Waals surface area contributed by atoms with Crippen molar-refractivity contribution < 1.29 is 8.42 Å². The molecule has 0 aliphatic carbocycles. The molecule has 140 valence electrons. The Morgan fingerprint density at radius 3 is 2.74 bits per heavy atom. The Morgan fingerprint density at radius 2 is 2.00 bits per heavy atom. The van der Waals surface area contributed by atoms with E-state index in [1.54, 1.807) is 6.07 Å². The van der Waals surface area contributed by atoms with Crippen molar-refractivity contribution in [1.82, 2.24) is 9.47 Å². The zero-order valence-electron chi connectivity index (χ0n) is 15.3. The molecule has 4 heterocycles. The highest BCUT2D eigenvalue weighted by Crippen LogP contribution is 2.43. The number of allylic oxidation sites excluding steroid dienone is 1. The van der Waals surface area contributed by atoms with Crippen molar-refractivity contribution >= 4 is 37.8 Å². The summed E-state index contributed by atoms with van der Waals surface area (Å²) in [7, 11) is -1.50. The second kappa shape index (κ2) is 5.78. The first-order valence-electron chi connectivity index (χ1n) is 8.95. The summed E-state index contributed by atoms with van der Waals surface area (Å²) in [5.41, 5.74) is 6.56. The number of rotatable bonds is 2. The van der Waals surface area contributed by atoms with Crippen LogP contribution in [-0.4, -0.2) is 31.5 Å². The highest BCUT2D eigenvalue weighted by Gasteiger charge is 2.32. The van der Waals surface area contributed by atoms with E-state index >= 15 is 0 Å². The Kier molecular flexibility index (Phi) is 3.68. The van der Waals surface area contributed by atoms with Crippen LogP contribution in [0, 0.1) is 6.92 Å². The highest BCUT2D eigenvalue weighted by atomic mass is 32.2.